The molecular weight excluding hydrogens is 274 g/mol. The maximum absolute atomic E-state index is 12.2. The summed E-state index contributed by atoms with van der Waals surface area (Å²) in [6, 6.07) is 6.18. The number of aromatic nitrogens is 2. The topological polar surface area (TPSA) is 66.1 Å². The first kappa shape index (κ1) is 13.1. The zero-order valence-corrected chi connectivity index (χ0v) is 11.2. The van der Waals surface area contributed by atoms with Crippen molar-refractivity contribution in [3.8, 4) is 0 Å². The molecule has 96 valence electrons. The molecule has 2 aromatic rings. The quantitative estimate of drug-likeness (QED) is 0.933. The van der Waals surface area contributed by atoms with Gasteiger partial charge in [0, 0.05) is 24.5 Å². The van der Waals surface area contributed by atoms with E-state index in [0.717, 1.165) is 0 Å². The second kappa shape index (κ2) is 5.09. The van der Waals surface area contributed by atoms with Crippen LogP contribution in [0.4, 0.5) is 0 Å². The molecule has 18 heavy (non-hydrogen) atoms. The van der Waals surface area contributed by atoms with Crippen LogP contribution < -0.4 is 0 Å². The van der Waals surface area contributed by atoms with Gasteiger partial charge in [-0.3, -0.25) is 0 Å². The molecule has 1 aromatic heterocycles. The maximum Gasteiger partial charge on any atom is 0.243 e. The van der Waals surface area contributed by atoms with Gasteiger partial charge in [-0.1, -0.05) is 17.7 Å². The molecule has 7 heteroatoms. The molecule has 0 fully saturated rings. The zero-order valence-electron chi connectivity index (χ0n) is 9.67. The summed E-state index contributed by atoms with van der Waals surface area (Å²) < 4.78 is 25.7. The average Bonchev–Trinajstić information content (AvgIpc) is 2.81. The summed E-state index contributed by atoms with van der Waals surface area (Å²) in [6.07, 6.45) is 3.23. The van der Waals surface area contributed by atoms with Gasteiger partial charge in [-0.2, -0.15) is 4.31 Å². The Morgan fingerprint density at radius 2 is 2.22 bits per heavy atom. The number of aromatic amines is 1. The van der Waals surface area contributed by atoms with Crippen LogP contribution in [0.15, 0.2) is 41.6 Å². The molecule has 0 bridgehead atoms. The molecule has 0 saturated carbocycles. The number of halogens is 1. The lowest BCUT2D eigenvalue weighted by Gasteiger charge is -2.16. The van der Waals surface area contributed by atoms with E-state index in [0.29, 0.717) is 10.8 Å². The maximum atomic E-state index is 12.2. The van der Waals surface area contributed by atoms with Crippen molar-refractivity contribution >= 4 is 21.6 Å². The number of nitrogens with one attached hydrogen (secondary N) is 1. The number of rotatable bonds is 4. The van der Waals surface area contributed by atoms with Gasteiger partial charge in [0.1, 0.15) is 5.82 Å². The standard InChI is InChI=1S/C11H12ClN3O2S/c1-15(8-11-13-5-6-14-11)18(16,17)10-4-2-3-9(12)7-10/h2-7H,8H2,1H3,(H,13,14). The summed E-state index contributed by atoms with van der Waals surface area (Å²) >= 11 is 5.80. The minimum atomic E-state index is -3.55. The number of imidazole rings is 1. The van der Waals surface area contributed by atoms with Crippen LogP contribution >= 0.6 is 11.6 Å². The van der Waals surface area contributed by atoms with Crippen LogP contribution in [0.2, 0.25) is 5.02 Å². The van der Waals surface area contributed by atoms with Crippen LogP contribution in [0.1, 0.15) is 5.82 Å². The second-order valence-corrected chi connectivity index (χ2v) is 6.24. The average molecular weight is 286 g/mol. The monoisotopic (exact) mass is 285 g/mol. The molecule has 0 aliphatic heterocycles. The number of benzene rings is 1. The highest BCUT2D eigenvalue weighted by atomic mass is 35.5. The SMILES string of the molecule is CN(Cc1ncc[nH]1)S(=O)(=O)c1cccc(Cl)c1. The Kier molecular flexibility index (Phi) is 3.70. The van der Waals surface area contributed by atoms with Crippen molar-refractivity contribution < 1.29 is 8.42 Å². The highest BCUT2D eigenvalue weighted by Crippen LogP contribution is 2.19. The van der Waals surface area contributed by atoms with Gasteiger partial charge in [0.05, 0.1) is 11.4 Å². The molecule has 0 unspecified atom stereocenters. The van der Waals surface area contributed by atoms with E-state index in [1.54, 1.807) is 24.5 Å². The zero-order chi connectivity index (χ0) is 13.2. The van der Waals surface area contributed by atoms with E-state index in [-0.39, 0.29) is 11.4 Å². The number of hydrogen-bond acceptors (Lipinski definition) is 3. The molecule has 2 rings (SSSR count). The number of H-pyrrole nitrogens is 1. The molecule has 0 amide bonds. The van der Waals surface area contributed by atoms with Gasteiger partial charge in [0.2, 0.25) is 10.0 Å². The molecule has 1 N–H and O–H groups in total. The van der Waals surface area contributed by atoms with Crippen LogP contribution in [0, 0.1) is 0 Å². The molecule has 0 saturated heterocycles. The number of sulfonamides is 1. The lowest BCUT2D eigenvalue weighted by molar-refractivity contribution is 0.458. The first-order chi connectivity index (χ1) is 8.50. The van der Waals surface area contributed by atoms with Gasteiger partial charge in [0.15, 0.2) is 0 Å². The van der Waals surface area contributed by atoms with Crippen LogP contribution in [0.25, 0.3) is 0 Å². The first-order valence-corrected chi connectivity index (χ1v) is 7.02. The van der Waals surface area contributed by atoms with Crippen molar-refractivity contribution in [3.63, 3.8) is 0 Å². The van der Waals surface area contributed by atoms with E-state index in [1.165, 1.54) is 23.5 Å². The Morgan fingerprint density at radius 3 is 2.83 bits per heavy atom. The highest BCUT2D eigenvalue weighted by molar-refractivity contribution is 7.89. The van der Waals surface area contributed by atoms with Crippen LogP contribution in [0.5, 0.6) is 0 Å². The van der Waals surface area contributed by atoms with Crippen molar-refractivity contribution in [2.45, 2.75) is 11.4 Å². The summed E-state index contributed by atoms with van der Waals surface area (Å²) in [4.78, 5) is 7.02. The van der Waals surface area contributed by atoms with E-state index in [9.17, 15) is 8.42 Å². The van der Waals surface area contributed by atoms with E-state index in [1.807, 2.05) is 0 Å². The number of nitrogens with zero attached hydrogens (tertiary/aromatic N) is 2. The lowest BCUT2D eigenvalue weighted by atomic mass is 10.4. The molecular formula is C11H12ClN3O2S. The Morgan fingerprint density at radius 1 is 1.44 bits per heavy atom. The summed E-state index contributed by atoms with van der Waals surface area (Å²) in [5.41, 5.74) is 0. The molecule has 0 aliphatic carbocycles. The fourth-order valence-corrected chi connectivity index (χ4v) is 2.92. The number of hydrogen-bond donors (Lipinski definition) is 1. The van der Waals surface area contributed by atoms with E-state index >= 15 is 0 Å². The van der Waals surface area contributed by atoms with Crippen LogP contribution in [-0.2, 0) is 16.6 Å². The van der Waals surface area contributed by atoms with Crippen molar-refractivity contribution in [2.24, 2.45) is 0 Å². The Bertz CT molecular complexity index is 625. The van der Waals surface area contributed by atoms with E-state index in [2.05, 4.69) is 9.97 Å². The van der Waals surface area contributed by atoms with Gasteiger partial charge in [-0.15, -0.1) is 0 Å². The Balaban J connectivity index is 2.25. The van der Waals surface area contributed by atoms with Crippen LogP contribution in [-0.4, -0.2) is 29.7 Å². The minimum Gasteiger partial charge on any atom is -0.347 e. The normalized spacial score (nSPS) is 11.9. The van der Waals surface area contributed by atoms with E-state index in [4.69, 9.17) is 11.6 Å². The minimum absolute atomic E-state index is 0.170. The van der Waals surface area contributed by atoms with Crippen molar-refractivity contribution in [2.75, 3.05) is 7.05 Å². The van der Waals surface area contributed by atoms with Gasteiger partial charge in [-0.25, -0.2) is 13.4 Å². The predicted molar refractivity (Wildman–Crippen MR) is 68.7 cm³/mol. The lowest BCUT2D eigenvalue weighted by Crippen LogP contribution is -2.27. The second-order valence-electron chi connectivity index (χ2n) is 3.75. The van der Waals surface area contributed by atoms with Crippen molar-refractivity contribution in [1.29, 1.82) is 0 Å². The third-order valence-corrected chi connectivity index (χ3v) is 4.47. The van der Waals surface area contributed by atoms with Gasteiger partial charge in [0.25, 0.3) is 0 Å². The Labute approximate surface area is 110 Å². The first-order valence-electron chi connectivity index (χ1n) is 5.20. The van der Waals surface area contributed by atoms with Gasteiger partial charge in [-0.05, 0) is 18.2 Å². The third kappa shape index (κ3) is 2.72. The fourth-order valence-electron chi connectivity index (χ4n) is 1.49. The van der Waals surface area contributed by atoms with Crippen LogP contribution in [0.3, 0.4) is 0 Å². The summed E-state index contributed by atoms with van der Waals surface area (Å²) in [7, 11) is -2.05. The van der Waals surface area contributed by atoms with E-state index < -0.39 is 10.0 Å². The fraction of sp³-hybridized carbons (Fsp3) is 0.182. The molecule has 0 atom stereocenters. The summed E-state index contributed by atoms with van der Waals surface area (Å²) in [5, 5.41) is 0.391. The largest absolute Gasteiger partial charge is 0.347 e. The highest BCUT2D eigenvalue weighted by Gasteiger charge is 2.21. The molecule has 1 heterocycles. The smallest absolute Gasteiger partial charge is 0.243 e. The molecule has 1 aromatic carbocycles. The third-order valence-electron chi connectivity index (χ3n) is 2.43. The van der Waals surface area contributed by atoms with Gasteiger partial charge >= 0.3 is 0 Å². The molecule has 0 aliphatic rings. The molecule has 0 spiro atoms. The molecule has 5 nitrogen and oxygen atoms in total. The molecule has 0 radical (unpaired) electrons. The Hall–Kier alpha value is -1.37. The summed E-state index contributed by atoms with van der Waals surface area (Å²) in [6.45, 7) is 0.182. The predicted octanol–water partition coefficient (Wildman–Crippen LogP) is 1.88. The van der Waals surface area contributed by atoms with Gasteiger partial charge < -0.3 is 4.98 Å². The van der Waals surface area contributed by atoms with Crippen molar-refractivity contribution in [3.05, 3.63) is 47.5 Å². The summed E-state index contributed by atoms with van der Waals surface area (Å²) in [5.74, 6) is 0.586. The van der Waals surface area contributed by atoms with Crippen molar-refractivity contribution in [1.82, 2.24) is 14.3 Å².